The van der Waals surface area contributed by atoms with Crippen LogP contribution in [0.15, 0.2) is 54.7 Å². The van der Waals surface area contributed by atoms with Crippen molar-refractivity contribution in [3.8, 4) is 0 Å². The minimum atomic E-state index is -0.466. The van der Waals surface area contributed by atoms with Crippen LogP contribution in [0.1, 0.15) is 15.9 Å². The highest BCUT2D eigenvalue weighted by atomic mass is 16.6. The molecule has 0 aromatic heterocycles. The molecule has 6 nitrogen and oxygen atoms in total. The van der Waals surface area contributed by atoms with Crippen LogP contribution in [0.4, 0.5) is 17.1 Å². The number of hydrogen-bond acceptors (Lipinski definition) is 5. The average molecular weight is 311 g/mol. The summed E-state index contributed by atoms with van der Waals surface area (Å²) in [7, 11) is 1.72. The van der Waals surface area contributed by atoms with Crippen molar-refractivity contribution in [3.63, 3.8) is 0 Å². The number of nitro groups is 1. The maximum Gasteiger partial charge on any atom is 0.271 e. The maximum atomic E-state index is 12.0. The van der Waals surface area contributed by atoms with Gasteiger partial charge in [0.05, 0.1) is 16.3 Å². The third-order valence-corrected chi connectivity index (χ3v) is 3.29. The van der Waals surface area contributed by atoms with Gasteiger partial charge in [0, 0.05) is 37.0 Å². The van der Waals surface area contributed by atoms with E-state index in [1.54, 1.807) is 25.2 Å². The SMILES string of the molecule is CNc1ccc([N+](=O)[O-])cc1N/C=C\C(=O)c1ccc(C)cc1. The molecule has 0 spiro atoms. The Balaban J connectivity index is 2.13. The van der Waals surface area contributed by atoms with E-state index < -0.39 is 4.92 Å². The van der Waals surface area contributed by atoms with Gasteiger partial charge in [-0.25, -0.2) is 0 Å². The summed E-state index contributed by atoms with van der Waals surface area (Å²) >= 11 is 0. The first-order valence-electron chi connectivity index (χ1n) is 7.01. The fraction of sp³-hybridized carbons (Fsp3) is 0.118. The predicted molar refractivity (Wildman–Crippen MR) is 90.9 cm³/mol. The summed E-state index contributed by atoms with van der Waals surface area (Å²) in [5.74, 6) is -0.145. The van der Waals surface area contributed by atoms with E-state index in [2.05, 4.69) is 10.6 Å². The van der Waals surface area contributed by atoms with E-state index in [1.807, 2.05) is 19.1 Å². The molecule has 0 atom stereocenters. The van der Waals surface area contributed by atoms with Gasteiger partial charge >= 0.3 is 0 Å². The molecule has 2 aromatic carbocycles. The second-order valence-electron chi connectivity index (χ2n) is 4.94. The molecule has 0 amide bonds. The summed E-state index contributed by atoms with van der Waals surface area (Å²) in [6.07, 6.45) is 2.87. The Morgan fingerprint density at radius 3 is 2.43 bits per heavy atom. The number of carbonyl (C=O) groups excluding carboxylic acids is 1. The minimum Gasteiger partial charge on any atom is -0.386 e. The summed E-state index contributed by atoms with van der Waals surface area (Å²) in [5.41, 5.74) is 2.86. The Kier molecular flexibility index (Phi) is 5.09. The molecular formula is C17H17N3O3. The molecule has 0 saturated carbocycles. The van der Waals surface area contributed by atoms with E-state index in [4.69, 9.17) is 0 Å². The van der Waals surface area contributed by atoms with Gasteiger partial charge in [0.15, 0.2) is 5.78 Å². The van der Waals surface area contributed by atoms with Crippen molar-refractivity contribution in [3.05, 3.63) is 76.0 Å². The van der Waals surface area contributed by atoms with Crippen molar-refractivity contribution in [2.75, 3.05) is 17.7 Å². The number of rotatable bonds is 6. The molecule has 0 fully saturated rings. The Hall–Kier alpha value is -3.15. The molecule has 0 saturated heterocycles. The van der Waals surface area contributed by atoms with Crippen LogP contribution in [0.3, 0.4) is 0 Å². The standard InChI is InChI=1S/C17H17N3O3/c1-12-3-5-13(6-4-12)17(21)9-10-19-16-11-14(20(22)23)7-8-15(16)18-2/h3-11,18-19H,1-2H3/b10-9-. The first-order chi connectivity index (χ1) is 11.0. The lowest BCUT2D eigenvalue weighted by Crippen LogP contribution is -1.99. The number of carbonyl (C=O) groups is 1. The minimum absolute atomic E-state index is 0.0234. The van der Waals surface area contributed by atoms with Crippen LogP contribution in [0.25, 0.3) is 0 Å². The first-order valence-corrected chi connectivity index (χ1v) is 7.01. The number of hydrogen-bond donors (Lipinski definition) is 2. The molecule has 0 aliphatic carbocycles. The Morgan fingerprint density at radius 1 is 1.13 bits per heavy atom. The van der Waals surface area contributed by atoms with Gasteiger partial charge in [0.25, 0.3) is 5.69 Å². The van der Waals surface area contributed by atoms with Crippen LogP contribution >= 0.6 is 0 Å². The quantitative estimate of drug-likeness (QED) is 0.367. The van der Waals surface area contributed by atoms with Gasteiger partial charge in [-0.05, 0) is 13.0 Å². The fourth-order valence-electron chi connectivity index (χ4n) is 2.00. The number of nitro benzene ring substituents is 1. The summed E-state index contributed by atoms with van der Waals surface area (Å²) in [4.78, 5) is 22.4. The van der Waals surface area contributed by atoms with Gasteiger partial charge < -0.3 is 10.6 Å². The number of anilines is 2. The number of ketones is 1. The van der Waals surface area contributed by atoms with E-state index in [0.29, 0.717) is 16.9 Å². The lowest BCUT2D eigenvalue weighted by molar-refractivity contribution is -0.384. The van der Waals surface area contributed by atoms with Crippen LogP contribution in [-0.2, 0) is 0 Å². The highest BCUT2D eigenvalue weighted by Gasteiger charge is 2.09. The van der Waals surface area contributed by atoms with E-state index >= 15 is 0 Å². The van der Waals surface area contributed by atoms with Crippen LogP contribution in [0.2, 0.25) is 0 Å². The molecule has 2 rings (SSSR count). The second-order valence-corrected chi connectivity index (χ2v) is 4.94. The smallest absolute Gasteiger partial charge is 0.271 e. The van der Waals surface area contributed by atoms with Crippen LogP contribution < -0.4 is 10.6 Å². The molecular weight excluding hydrogens is 294 g/mol. The van der Waals surface area contributed by atoms with Gasteiger partial charge in [0.1, 0.15) is 0 Å². The second kappa shape index (κ2) is 7.22. The summed E-state index contributed by atoms with van der Waals surface area (Å²) in [6.45, 7) is 1.95. The molecule has 0 unspecified atom stereocenters. The number of nitrogens with one attached hydrogen (secondary N) is 2. The number of allylic oxidation sites excluding steroid dienone is 1. The van der Waals surface area contributed by atoms with Gasteiger partial charge in [-0.3, -0.25) is 14.9 Å². The lowest BCUT2D eigenvalue weighted by atomic mass is 10.1. The van der Waals surface area contributed by atoms with E-state index in [0.717, 1.165) is 5.56 Å². The van der Waals surface area contributed by atoms with Gasteiger partial charge in [0.2, 0.25) is 0 Å². The molecule has 118 valence electrons. The van der Waals surface area contributed by atoms with Crippen molar-refractivity contribution in [1.82, 2.24) is 0 Å². The summed E-state index contributed by atoms with van der Waals surface area (Å²) < 4.78 is 0. The number of benzene rings is 2. The third kappa shape index (κ3) is 4.16. The third-order valence-electron chi connectivity index (χ3n) is 3.29. The zero-order valence-electron chi connectivity index (χ0n) is 12.9. The predicted octanol–water partition coefficient (Wildman–Crippen LogP) is 3.75. The number of non-ortho nitro benzene ring substituents is 1. The van der Waals surface area contributed by atoms with Crippen LogP contribution in [0, 0.1) is 17.0 Å². The summed E-state index contributed by atoms with van der Waals surface area (Å²) in [5, 5.41) is 16.7. The molecule has 0 aliphatic heterocycles. The normalized spacial score (nSPS) is 10.5. The number of nitrogens with zero attached hydrogens (tertiary/aromatic N) is 1. The van der Waals surface area contributed by atoms with Gasteiger partial charge in [-0.2, -0.15) is 0 Å². The monoisotopic (exact) mass is 311 g/mol. The van der Waals surface area contributed by atoms with Crippen LogP contribution in [0.5, 0.6) is 0 Å². The molecule has 2 aromatic rings. The molecule has 0 bridgehead atoms. The van der Waals surface area contributed by atoms with Gasteiger partial charge in [-0.1, -0.05) is 29.8 Å². The van der Waals surface area contributed by atoms with Crippen LogP contribution in [-0.4, -0.2) is 17.8 Å². The zero-order chi connectivity index (χ0) is 16.8. The molecule has 0 heterocycles. The summed E-state index contributed by atoms with van der Waals surface area (Å²) in [6, 6.07) is 11.7. The largest absolute Gasteiger partial charge is 0.386 e. The average Bonchev–Trinajstić information content (AvgIpc) is 2.55. The Morgan fingerprint density at radius 2 is 1.83 bits per heavy atom. The highest BCUT2D eigenvalue weighted by molar-refractivity contribution is 6.04. The van der Waals surface area contributed by atoms with Crippen molar-refractivity contribution >= 4 is 22.8 Å². The first kappa shape index (κ1) is 16.2. The molecule has 23 heavy (non-hydrogen) atoms. The van der Waals surface area contributed by atoms with E-state index in [9.17, 15) is 14.9 Å². The molecule has 0 aliphatic rings. The zero-order valence-corrected chi connectivity index (χ0v) is 12.9. The Labute approximate surface area is 134 Å². The van der Waals surface area contributed by atoms with Crippen molar-refractivity contribution in [2.45, 2.75) is 6.92 Å². The Bertz CT molecular complexity index is 752. The molecule has 2 N–H and O–H groups in total. The van der Waals surface area contributed by atoms with E-state index in [1.165, 1.54) is 24.4 Å². The van der Waals surface area contributed by atoms with Crippen molar-refractivity contribution < 1.29 is 9.72 Å². The maximum absolute atomic E-state index is 12.0. The van der Waals surface area contributed by atoms with Crippen molar-refractivity contribution in [1.29, 1.82) is 0 Å². The molecule has 6 heteroatoms. The topological polar surface area (TPSA) is 84.3 Å². The van der Waals surface area contributed by atoms with Gasteiger partial charge in [-0.15, -0.1) is 0 Å². The fourth-order valence-corrected chi connectivity index (χ4v) is 2.00. The molecule has 0 radical (unpaired) electrons. The lowest BCUT2D eigenvalue weighted by Gasteiger charge is -2.08. The van der Waals surface area contributed by atoms with Crippen molar-refractivity contribution in [2.24, 2.45) is 0 Å². The van der Waals surface area contributed by atoms with E-state index in [-0.39, 0.29) is 11.5 Å². The highest BCUT2D eigenvalue weighted by Crippen LogP contribution is 2.26. The number of aryl methyl sites for hydroxylation is 1.